The average molecular weight is 329 g/mol. The van der Waals surface area contributed by atoms with Gasteiger partial charge in [-0.3, -0.25) is 0 Å². The maximum absolute atomic E-state index is 12.2. The van der Waals surface area contributed by atoms with Gasteiger partial charge in [0.15, 0.2) is 0 Å². The van der Waals surface area contributed by atoms with Crippen molar-refractivity contribution < 1.29 is 13.9 Å². The van der Waals surface area contributed by atoms with Gasteiger partial charge in [0.1, 0.15) is 5.58 Å². The Balaban J connectivity index is 2.15. The Kier molecular flexibility index (Phi) is 4.17. The summed E-state index contributed by atoms with van der Waals surface area (Å²) in [4.78, 5) is 24.1. The lowest BCUT2D eigenvalue weighted by molar-refractivity contribution is 0.0526. The van der Waals surface area contributed by atoms with E-state index in [9.17, 15) is 9.59 Å². The third kappa shape index (κ3) is 2.98. The molecule has 0 unspecified atom stereocenters. The van der Waals surface area contributed by atoms with Gasteiger partial charge < -0.3 is 9.15 Å². The quantitative estimate of drug-likeness (QED) is 0.531. The van der Waals surface area contributed by atoms with E-state index in [1.54, 1.807) is 43.3 Å². The number of benzene rings is 2. The second kappa shape index (κ2) is 6.26. The molecule has 5 heteroatoms. The third-order valence-electron chi connectivity index (χ3n) is 3.41. The molecule has 0 fully saturated rings. The minimum atomic E-state index is -0.524. The lowest BCUT2D eigenvalue weighted by Crippen LogP contribution is -2.07. The molecule has 0 radical (unpaired) electrons. The Hall–Kier alpha value is -2.59. The number of carbonyl (C=O) groups excluding carboxylic acids is 1. The lowest BCUT2D eigenvalue weighted by Gasteiger charge is -2.07. The Morgan fingerprint density at radius 1 is 1.17 bits per heavy atom. The molecule has 0 amide bonds. The predicted molar refractivity (Wildman–Crippen MR) is 88.9 cm³/mol. The molecule has 0 saturated carbocycles. The number of rotatable bonds is 3. The van der Waals surface area contributed by atoms with Crippen molar-refractivity contribution >= 4 is 28.5 Å². The molecule has 0 atom stereocenters. The number of esters is 1. The predicted octanol–water partition coefficient (Wildman–Crippen LogP) is 4.29. The van der Waals surface area contributed by atoms with Crippen LogP contribution < -0.4 is 5.63 Å². The van der Waals surface area contributed by atoms with E-state index >= 15 is 0 Å². The van der Waals surface area contributed by atoms with Crippen LogP contribution >= 0.6 is 11.6 Å². The summed E-state index contributed by atoms with van der Waals surface area (Å²) in [6, 6.07) is 13.8. The van der Waals surface area contributed by atoms with Gasteiger partial charge in [-0.1, -0.05) is 35.9 Å². The van der Waals surface area contributed by atoms with Gasteiger partial charge in [0, 0.05) is 5.39 Å². The van der Waals surface area contributed by atoms with E-state index in [1.165, 1.54) is 0 Å². The monoisotopic (exact) mass is 328 g/mol. The van der Waals surface area contributed by atoms with Crippen molar-refractivity contribution in [1.82, 2.24) is 0 Å². The van der Waals surface area contributed by atoms with Gasteiger partial charge in [0.05, 0.1) is 22.8 Å². The van der Waals surface area contributed by atoms with Crippen molar-refractivity contribution in [2.75, 3.05) is 6.61 Å². The van der Waals surface area contributed by atoms with Crippen LogP contribution in [0, 0.1) is 0 Å². The highest BCUT2D eigenvalue weighted by atomic mass is 35.5. The second-order valence-electron chi connectivity index (χ2n) is 4.90. The van der Waals surface area contributed by atoms with Crippen molar-refractivity contribution in [2.45, 2.75) is 6.92 Å². The van der Waals surface area contributed by atoms with Crippen LogP contribution in [0.3, 0.4) is 0 Å². The minimum absolute atomic E-state index is 0.221. The Morgan fingerprint density at radius 2 is 1.96 bits per heavy atom. The van der Waals surface area contributed by atoms with E-state index in [4.69, 9.17) is 20.8 Å². The highest BCUT2D eigenvalue weighted by molar-refractivity contribution is 6.33. The fraction of sp³-hybridized carbons (Fsp3) is 0.111. The molecule has 3 rings (SSSR count). The summed E-state index contributed by atoms with van der Waals surface area (Å²) >= 11 is 6.05. The maximum atomic E-state index is 12.2. The second-order valence-corrected chi connectivity index (χ2v) is 5.31. The normalized spacial score (nSPS) is 10.7. The molecule has 0 aliphatic heterocycles. The van der Waals surface area contributed by atoms with Gasteiger partial charge in [-0.05, 0) is 36.8 Å². The summed E-state index contributed by atoms with van der Waals surface area (Å²) in [5.41, 5.74) is 1.18. The van der Waals surface area contributed by atoms with Crippen LogP contribution in [0.4, 0.5) is 0 Å². The number of hydrogen-bond donors (Lipinski definition) is 0. The number of hydrogen-bond acceptors (Lipinski definition) is 4. The van der Waals surface area contributed by atoms with Crippen LogP contribution in [-0.2, 0) is 4.74 Å². The Bertz CT molecular complexity index is 943. The van der Waals surface area contributed by atoms with Gasteiger partial charge in [0.25, 0.3) is 0 Å². The molecule has 3 aromatic rings. The summed E-state index contributed by atoms with van der Waals surface area (Å²) in [6.45, 7) is 1.96. The van der Waals surface area contributed by atoms with Crippen LogP contribution in [0.1, 0.15) is 17.3 Å². The molecule has 1 heterocycles. The topological polar surface area (TPSA) is 56.5 Å². The zero-order valence-corrected chi connectivity index (χ0v) is 13.1. The fourth-order valence-electron chi connectivity index (χ4n) is 2.32. The van der Waals surface area contributed by atoms with Crippen molar-refractivity contribution in [1.29, 1.82) is 0 Å². The average Bonchev–Trinajstić information content (AvgIpc) is 2.55. The number of halogens is 1. The standard InChI is InChI=1S/C18H13ClO4/c1-2-22-17(20)14-9-11(7-8-15(14)19)13-10-12-5-3-4-6-16(12)23-18(13)21/h3-10H,2H2,1H3. The van der Waals surface area contributed by atoms with Crippen LogP contribution in [-0.4, -0.2) is 12.6 Å². The molecular formula is C18H13ClO4. The highest BCUT2D eigenvalue weighted by Gasteiger charge is 2.15. The summed E-state index contributed by atoms with van der Waals surface area (Å²) in [5, 5.41) is 1.08. The van der Waals surface area contributed by atoms with Crippen molar-refractivity contribution in [3.05, 3.63) is 69.5 Å². The molecule has 0 aliphatic carbocycles. The van der Waals surface area contributed by atoms with Crippen molar-refractivity contribution in [3.63, 3.8) is 0 Å². The van der Waals surface area contributed by atoms with Gasteiger partial charge in [0.2, 0.25) is 0 Å². The summed E-state index contributed by atoms with van der Waals surface area (Å²) in [6.07, 6.45) is 0. The van der Waals surface area contributed by atoms with E-state index < -0.39 is 11.6 Å². The lowest BCUT2D eigenvalue weighted by atomic mass is 10.0. The molecule has 116 valence electrons. The van der Waals surface area contributed by atoms with Crippen LogP contribution in [0.2, 0.25) is 5.02 Å². The zero-order chi connectivity index (χ0) is 16.4. The van der Waals surface area contributed by atoms with Gasteiger partial charge in [-0.15, -0.1) is 0 Å². The first-order chi connectivity index (χ1) is 11.1. The van der Waals surface area contributed by atoms with Crippen molar-refractivity contribution in [3.8, 4) is 11.1 Å². The van der Waals surface area contributed by atoms with Crippen LogP contribution in [0.5, 0.6) is 0 Å². The third-order valence-corrected chi connectivity index (χ3v) is 3.74. The number of carbonyl (C=O) groups is 1. The first-order valence-electron chi connectivity index (χ1n) is 7.10. The molecule has 2 aromatic carbocycles. The maximum Gasteiger partial charge on any atom is 0.344 e. The molecule has 23 heavy (non-hydrogen) atoms. The molecule has 0 bridgehead atoms. The number of para-hydroxylation sites is 1. The summed E-state index contributed by atoms with van der Waals surface area (Å²) < 4.78 is 10.3. The highest BCUT2D eigenvalue weighted by Crippen LogP contribution is 2.26. The molecule has 0 N–H and O–H groups in total. The van der Waals surface area contributed by atoms with Crippen LogP contribution in [0.15, 0.2) is 57.7 Å². The molecule has 4 nitrogen and oxygen atoms in total. The van der Waals surface area contributed by atoms with E-state index in [2.05, 4.69) is 0 Å². The number of ether oxygens (including phenoxy) is 1. The van der Waals surface area contributed by atoms with E-state index in [-0.39, 0.29) is 17.2 Å². The first-order valence-corrected chi connectivity index (χ1v) is 7.48. The Morgan fingerprint density at radius 3 is 2.74 bits per heavy atom. The van der Waals surface area contributed by atoms with Gasteiger partial charge in [-0.2, -0.15) is 0 Å². The minimum Gasteiger partial charge on any atom is -0.462 e. The summed E-state index contributed by atoms with van der Waals surface area (Å²) in [5.74, 6) is -0.524. The largest absolute Gasteiger partial charge is 0.462 e. The van der Waals surface area contributed by atoms with Crippen molar-refractivity contribution in [2.24, 2.45) is 0 Å². The molecule has 0 spiro atoms. The summed E-state index contributed by atoms with van der Waals surface area (Å²) in [7, 11) is 0. The molecular weight excluding hydrogens is 316 g/mol. The van der Waals surface area contributed by atoms with Crippen LogP contribution in [0.25, 0.3) is 22.1 Å². The van der Waals surface area contributed by atoms with E-state index in [0.717, 1.165) is 5.39 Å². The molecule has 1 aromatic heterocycles. The number of fused-ring (bicyclic) bond motifs is 1. The smallest absolute Gasteiger partial charge is 0.344 e. The Labute approximate surface area is 137 Å². The zero-order valence-electron chi connectivity index (χ0n) is 12.3. The first kappa shape index (κ1) is 15.3. The van der Waals surface area contributed by atoms with E-state index in [0.29, 0.717) is 16.7 Å². The fourth-order valence-corrected chi connectivity index (χ4v) is 2.52. The SMILES string of the molecule is CCOC(=O)c1cc(-c2cc3ccccc3oc2=O)ccc1Cl. The van der Waals surface area contributed by atoms with Gasteiger partial charge in [-0.25, -0.2) is 9.59 Å². The molecule has 0 aliphatic rings. The van der Waals surface area contributed by atoms with E-state index in [1.807, 2.05) is 12.1 Å². The van der Waals surface area contributed by atoms with Gasteiger partial charge >= 0.3 is 11.6 Å². The molecule has 0 saturated heterocycles.